The molecule has 5 heteroatoms. The third kappa shape index (κ3) is 7.77. The van der Waals surface area contributed by atoms with Crippen LogP contribution in [-0.2, 0) is 13.0 Å². The number of fused-ring (bicyclic) bond motifs is 1. The molecule has 0 aliphatic rings. The van der Waals surface area contributed by atoms with Gasteiger partial charge in [0.15, 0.2) is 0 Å². The number of unbranched alkanes of at least 4 members (excludes halogenated alkanes) is 9. The Morgan fingerprint density at radius 2 is 1.66 bits per heavy atom. The molecule has 4 nitrogen and oxygen atoms in total. The molecule has 1 N–H and O–H groups in total. The van der Waals surface area contributed by atoms with Crippen LogP contribution in [0.1, 0.15) is 93.0 Å². The van der Waals surface area contributed by atoms with Gasteiger partial charge in [0.25, 0.3) is 5.91 Å². The summed E-state index contributed by atoms with van der Waals surface area (Å²) in [6, 6.07) is 12.3. The zero-order chi connectivity index (χ0) is 22.4. The van der Waals surface area contributed by atoms with Crippen molar-refractivity contribution < 1.29 is 4.79 Å². The first-order valence-corrected chi connectivity index (χ1v) is 13.4. The standard InChI is InChI=1S/C27H39N3OS/c1-2-3-4-5-6-7-8-14-21-30-24-17-12-11-16-23(24)29-26(30)19-10-9-13-20-28-27(31)25-18-15-22-32-25/h11-12,15-18,22H,2-10,13-14,19-21H2,1H3,(H,28,31). The third-order valence-corrected chi connectivity index (χ3v) is 6.95. The number of imidazole rings is 1. The molecule has 0 bridgehead atoms. The number of aryl methyl sites for hydroxylation is 2. The molecule has 1 aromatic carbocycles. The topological polar surface area (TPSA) is 46.9 Å². The first-order valence-electron chi connectivity index (χ1n) is 12.6. The molecule has 32 heavy (non-hydrogen) atoms. The second kappa shape index (κ2) is 14.1. The number of rotatable bonds is 16. The normalized spacial score (nSPS) is 11.3. The Hall–Kier alpha value is -2.14. The number of nitrogens with zero attached hydrogens (tertiary/aromatic N) is 2. The fourth-order valence-corrected chi connectivity index (χ4v) is 4.89. The lowest BCUT2D eigenvalue weighted by Gasteiger charge is -2.10. The van der Waals surface area contributed by atoms with Gasteiger partial charge in [-0.3, -0.25) is 4.79 Å². The van der Waals surface area contributed by atoms with E-state index in [-0.39, 0.29) is 5.91 Å². The van der Waals surface area contributed by atoms with Gasteiger partial charge in [-0.05, 0) is 42.8 Å². The molecular formula is C27H39N3OS. The van der Waals surface area contributed by atoms with Crippen LogP contribution in [0.2, 0.25) is 0 Å². The molecule has 0 radical (unpaired) electrons. The van der Waals surface area contributed by atoms with Crippen molar-refractivity contribution in [3.05, 3.63) is 52.5 Å². The zero-order valence-corrected chi connectivity index (χ0v) is 20.5. The molecular weight excluding hydrogens is 414 g/mol. The fourth-order valence-electron chi connectivity index (χ4n) is 4.25. The first kappa shape index (κ1) is 24.5. The average Bonchev–Trinajstić information content (AvgIpc) is 3.46. The van der Waals surface area contributed by atoms with Crippen LogP contribution in [0.4, 0.5) is 0 Å². The van der Waals surface area contributed by atoms with E-state index in [1.54, 1.807) is 0 Å². The van der Waals surface area contributed by atoms with Crippen LogP contribution in [0.25, 0.3) is 11.0 Å². The summed E-state index contributed by atoms with van der Waals surface area (Å²) < 4.78 is 2.45. The molecule has 0 unspecified atom stereocenters. The molecule has 0 saturated carbocycles. The largest absolute Gasteiger partial charge is 0.351 e. The van der Waals surface area contributed by atoms with Crippen molar-refractivity contribution in [2.45, 2.75) is 90.5 Å². The third-order valence-electron chi connectivity index (χ3n) is 6.08. The van der Waals surface area contributed by atoms with E-state index in [0.29, 0.717) is 0 Å². The van der Waals surface area contributed by atoms with Crippen LogP contribution in [0.5, 0.6) is 0 Å². The second-order valence-electron chi connectivity index (χ2n) is 8.69. The molecule has 0 aliphatic carbocycles. The van der Waals surface area contributed by atoms with Crippen LogP contribution < -0.4 is 5.32 Å². The summed E-state index contributed by atoms with van der Waals surface area (Å²) in [6.45, 7) is 4.09. The second-order valence-corrected chi connectivity index (χ2v) is 9.63. The van der Waals surface area contributed by atoms with Gasteiger partial charge in [0.1, 0.15) is 5.82 Å². The van der Waals surface area contributed by atoms with Crippen LogP contribution in [-0.4, -0.2) is 22.0 Å². The van der Waals surface area contributed by atoms with Gasteiger partial charge in [-0.25, -0.2) is 4.98 Å². The minimum absolute atomic E-state index is 0.0483. The van der Waals surface area contributed by atoms with E-state index in [9.17, 15) is 4.79 Å². The molecule has 174 valence electrons. The lowest BCUT2D eigenvalue weighted by molar-refractivity contribution is 0.0957. The van der Waals surface area contributed by atoms with Gasteiger partial charge in [-0.15, -0.1) is 11.3 Å². The number of carbonyl (C=O) groups excluding carboxylic acids is 1. The predicted octanol–water partition coefficient (Wildman–Crippen LogP) is 7.38. The molecule has 0 spiro atoms. The summed E-state index contributed by atoms with van der Waals surface area (Å²) in [5, 5.41) is 4.96. The number of nitrogens with one attached hydrogen (secondary N) is 1. The highest BCUT2D eigenvalue weighted by atomic mass is 32.1. The van der Waals surface area contributed by atoms with E-state index in [2.05, 4.69) is 41.1 Å². The van der Waals surface area contributed by atoms with Gasteiger partial charge in [-0.1, -0.05) is 76.5 Å². The van der Waals surface area contributed by atoms with Crippen molar-refractivity contribution in [2.75, 3.05) is 6.54 Å². The minimum atomic E-state index is 0.0483. The summed E-state index contributed by atoms with van der Waals surface area (Å²) in [4.78, 5) is 17.7. The molecule has 2 aromatic heterocycles. The highest BCUT2D eigenvalue weighted by Gasteiger charge is 2.10. The summed E-state index contributed by atoms with van der Waals surface area (Å²) in [7, 11) is 0. The van der Waals surface area contributed by atoms with Crippen molar-refractivity contribution >= 4 is 28.3 Å². The van der Waals surface area contributed by atoms with Crippen molar-refractivity contribution in [1.82, 2.24) is 14.9 Å². The number of amides is 1. The molecule has 1 amide bonds. The Kier molecular flexibility index (Phi) is 10.8. The maximum Gasteiger partial charge on any atom is 0.261 e. The molecule has 0 atom stereocenters. The highest BCUT2D eigenvalue weighted by Crippen LogP contribution is 2.19. The Morgan fingerprint density at radius 1 is 0.906 bits per heavy atom. The summed E-state index contributed by atoms with van der Waals surface area (Å²) in [5.41, 5.74) is 2.39. The van der Waals surface area contributed by atoms with E-state index in [4.69, 9.17) is 4.98 Å². The van der Waals surface area contributed by atoms with Crippen molar-refractivity contribution in [1.29, 1.82) is 0 Å². The van der Waals surface area contributed by atoms with Crippen LogP contribution in [0.3, 0.4) is 0 Å². The quantitative estimate of drug-likeness (QED) is 0.230. The van der Waals surface area contributed by atoms with E-state index in [1.807, 2.05) is 17.5 Å². The van der Waals surface area contributed by atoms with Crippen molar-refractivity contribution in [3.63, 3.8) is 0 Å². The van der Waals surface area contributed by atoms with Gasteiger partial charge >= 0.3 is 0 Å². The summed E-state index contributed by atoms with van der Waals surface area (Å²) in [5.74, 6) is 1.27. The number of hydrogen-bond acceptors (Lipinski definition) is 3. The Balaban J connectivity index is 1.39. The number of carbonyl (C=O) groups is 1. The van der Waals surface area contributed by atoms with Gasteiger partial charge in [0.2, 0.25) is 0 Å². The predicted molar refractivity (Wildman–Crippen MR) is 137 cm³/mol. The Labute approximate surface area is 197 Å². The number of aromatic nitrogens is 2. The molecule has 0 aliphatic heterocycles. The van der Waals surface area contributed by atoms with Gasteiger partial charge < -0.3 is 9.88 Å². The minimum Gasteiger partial charge on any atom is -0.351 e. The highest BCUT2D eigenvalue weighted by molar-refractivity contribution is 7.12. The summed E-state index contributed by atoms with van der Waals surface area (Å²) in [6.07, 6.45) is 15.0. The molecule has 3 aromatic rings. The van der Waals surface area contributed by atoms with Gasteiger partial charge in [0.05, 0.1) is 15.9 Å². The van der Waals surface area contributed by atoms with Crippen molar-refractivity contribution in [2.24, 2.45) is 0 Å². The maximum atomic E-state index is 12.0. The first-order chi connectivity index (χ1) is 15.8. The molecule has 2 heterocycles. The van der Waals surface area contributed by atoms with E-state index >= 15 is 0 Å². The molecule has 3 rings (SSSR count). The smallest absolute Gasteiger partial charge is 0.261 e. The number of hydrogen-bond donors (Lipinski definition) is 1. The lowest BCUT2D eigenvalue weighted by Crippen LogP contribution is -2.23. The SMILES string of the molecule is CCCCCCCCCCn1c(CCCCCNC(=O)c2cccs2)nc2ccccc21. The van der Waals surface area contributed by atoms with E-state index in [1.165, 1.54) is 74.0 Å². The summed E-state index contributed by atoms with van der Waals surface area (Å²) >= 11 is 1.49. The molecule has 0 fully saturated rings. The van der Waals surface area contributed by atoms with Crippen LogP contribution in [0.15, 0.2) is 41.8 Å². The van der Waals surface area contributed by atoms with Gasteiger partial charge in [0, 0.05) is 19.5 Å². The van der Waals surface area contributed by atoms with Crippen molar-refractivity contribution in [3.8, 4) is 0 Å². The monoisotopic (exact) mass is 453 g/mol. The van der Waals surface area contributed by atoms with E-state index < -0.39 is 0 Å². The van der Waals surface area contributed by atoms with E-state index in [0.717, 1.165) is 49.2 Å². The zero-order valence-electron chi connectivity index (χ0n) is 19.7. The Morgan fingerprint density at radius 3 is 2.44 bits per heavy atom. The number of benzene rings is 1. The average molecular weight is 454 g/mol. The molecule has 0 saturated heterocycles. The number of thiophene rings is 1. The van der Waals surface area contributed by atoms with Crippen LogP contribution in [0, 0.1) is 0 Å². The fraction of sp³-hybridized carbons (Fsp3) is 0.556. The van der Waals surface area contributed by atoms with Crippen LogP contribution >= 0.6 is 11.3 Å². The van der Waals surface area contributed by atoms with Gasteiger partial charge in [-0.2, -0.15) is 0 Å². The number of para-hydroxylation sites is 2. The Bertz CT molecular complexity index is 916. The lowest BCUT2D eigenvalue weighted by atomic mass is 10.1. The maximum absolute atomic E-state index is 12.0.